The molecule has 1 unspecified atom stereocenters. The first-order chi connectivity index (χ1) is 9.46. The third-order valence-electron chi connectivity index (χ3n) is 4.28. The maximum Gasteiger partial charge on any atom is 0.325 e. The normalized spacial score (nSPS) is 25.8. The highest BCUT2D eigenvalue weighted by atomic mass is 19.3. The Bertz CT molecular complexity index is 524. The van der Waals surface area contributed by atoms with Crippen molar-refractivity contribution in [2.75, 3.05) is 13.1 Å². The smallest absolute Gasteiger partial charge is 0.325 e. The van der Waals surface area contributed by atoms with Gasteiger partial charge in [0.25, 0.3) is 0 Å². The molecule has 0 aromatic heterocycles. The van der Waals surface area contributed by atoms with Crippen LogP contribution < -0.4 is 0 Å². The zero-order valence-electron chi connectivity index (χ0n) is 11.1. The summed E-state index contributed by atoms with van der Waals surface area (Å²) < 4.78 is 25.8. The summed E-state index contributed by atoms with van der Waals surface area (Å²) in [7, 11) is 0. The molecule has 1 N–H and O–H groups in total. The zero-order valence-corrected chi connectivity index (χ0v) is 11.1. The summed E-state index contributed by atoms with van der Waals surface area (Å²) >= 11 is 0. The van der Waals surface area contributed by atoms with E-state index in [1.807, 2.05) is 29.2 Å². The Balaban J connectivity index is 1.77. The number of nitrogens with zero attached hydrogens (tertiary/aromatic N) is 1. The zero-order chi connectivity index (χ0) is 14.3. The van der Waals surface area contributed by atoms with Gasteiger partial charge < -0.3 is 5.11 Å². The van der Waals surface area contributed by atoms with E-state index in [-0.39, 0.29) is 18.8 Å². The highest BCUT2D eigenvalue weighted by Crippen LogP contribution is 2.44. The van der Waals surface area contributed by atoms with Crippen molar-refractivity contribution >= 4 is 5.97 Å². The Morgan fingerprint density at radius 1 is 1.35 bits per heavy atom. The van der Waals surface area contributed by atoms with Crippen molar-refractivity contribution in [3.05, 3.63) is 35.4 Å². The number of rotatable bonds is 3. The number of hydrogen-bond acceptors (Lipinski definition) is 2. The second-order valence-corrected chi connectivity index (χ2v) is 5.81. The van der Waals surface area contributed by atoms with Gasteiger partial charge in [0.15, 0.2) is 0 Å². The summed E-state index contributed by atoms with van der Waals surface area (Å²) in [6, 6.07) is 6.81. The van der Waals surface area contributed by atoms with Gasteiger partial charge >= 0.3 is 5.97 Å². The quantitative estimate of drug-likeness (QED) is 0.926. The fourth-order valence-corrected chi connectivity index (χ4v) is 3.35. The van der Waals surface area contributed by atoms with E-state index in [1.165, 1.54) is 0 Å². The van der Waals surface area contributed by atoms with Crippen LogP contribution in [-0.2, 0) is 11.2 Å². The fraction of sp³-hybridized carbons (Fsp3) is 0.533. The summed E-state index contributed by atoms with van der Waals surface area (Å²) in [6.45, 7) is 1.07. The predicted molar refractivity (Wildman–Crippen MR) is 69.8 cm³/mol. The summed E-state index contributed by atoms with van der Waals surface area (Å²) in [5, 5.41) is 9.47. The number of carboxylic acid groups (broad SMARTS) is 1. The highest BCUT2D eigenvalue weighted by Gasteiger charge is 2.47. The Hall–Kier alpha value is -1.49. The standard InChI is InChI=1S/C15H17F2NO2/c16-15(17)7-10(8-15)9-18-6-5-11-3-1-2-4-12(11)13(18)14(19)20/h1-4,10,13H,5-9H2,(H,19,20). The molecular weight excluding hydrogens is 264 g/mol. The number of hydrogen-bond donors (Lipinski definition) is 1. The predicted octanol–water partition coefficient (Wildman–Crippen LogP) is 2.72. The summed E-state index contributed by atoms with van der Waals surface area (Å²) in [6.07, 6.45) is 0.554. The molecule has 0 bridgehead atoms. The molecule has 0 amide bonds. The van der Waals surface area contributed by atoms with Crippen molar-refractivity contribution in [2.45, 2.75) is 31.2 Å². The molecule has 108 valence electrons. The third kappa shape index (κ3) is 2.42. The maximum absolute atomic E-state index is 12.9. The van der Waals surface area contributed by atoms with Crippen molar-refractivity contribution in [3.63, 3.8) is 0 Å². The SMILES string of the molecule is O=C(O)C1c2ccccc2CCN1CC1CC(F)(F)C1. The van der Waals surface area contributed by atoms with Gasteiger partial charge in [-0.2, -0.15) is 0 Å². The molecule has 1 aliphatic heterocycles. The fourth-order valence-electron chi connectivity index (χ4n) is 3.35. The number of aliphatic carboxylic acids is 1. The Morgan fingerprint density at radius 2 is 2.05 bits per heavy atom. The van der Waals surface area contributed by atoms with Crippen LogP contribution >= 0.6 is 0 Å². The Labute approximate surface area is 116 Å². The second kappa shape index (κ2) is 4.81. The Kier molecular flexibility index (Phi) is 3.24. The molecule has 5 heteroatoms. The average molecular weight is 281 g/mol. The molecule has 1 saturated carbocycles. The van der Waals surface area contributed by atoms with Gasteiger partial charge in [-0.1, -0.05) is 24.3 Å². The average Bonchev–Trinajstić information content (AvgIpc) is 2.35. The largest absolute Gasteiger partial charge is 0.480 e. The van der Waals surface area contributed by atoms with Crippen molar-refractivity contribution in [1.29, 1.82) is 0 Å². The lowest BCUT2D eigenvalue weighted by atomic mass is 9.80. The lowest BCUT2D eigenvalue weighted by Crippen LogP contribution is -2.47. The van der Waals surface area contributed by atoms with Crippen LogP contribution in [0.15, 0.2) is 24.3 Å². The van der Waals surface area contributed by atoms with Crippen molar-refractivity contribution < 1.29 is 18.7 Å². The van der Waals surface area contributed by atoms with Gasteiger partial charge in [-0.3, -0.25) is 9.69 Å². The van der Waals surface area contributed by atoms with E-state index < -0.39 is 17.9 Å². The van der Waals surface area contributed by atoms with Gasteiger partial charge in [0.1, 0.15) is 6.04 Å². The monoisotopic (exact) mass is 281 g/mol. The lowest BCUT2D eigenvalue weighted by molar-refractivity contribution is -0.147. The van der Waals surface area contributed by atoms with Gasteiger partial charge in [-0.15, -0.1) is 0 Å². The first-order valence-corrected chi connectivity index (χ1v) is 6.89. The van der Waals surface area contributed by atoms with E-state index in [1.54, 1.807) is 0 Å². The van der Waals surface area contributed by atoms with Crippen LogP contribution in [0.3, 0.4) is 0 Å². The second-order valence-electron chi connectivity index (χ2n) is 5.81. The molecule has 1 aromatic rings. The van der Waals surface area contributed by atoms with E-state index in [4.69, 9.17) is 0 Å². The van der Waals surface area contributed by atoms with Gasteiger partial charge in [-0.25, -0.2) is 8.78 Å². The molecule has 0 radical (unpaired) electrons. The number of alkyl halides is 2. The van der Waals surface area contributed by atoms with Crippen molar-refractivity contribution in [1.82, 2.24) is 4.90 Å². The molecule has 0 spiro atoms. The minimum absolute atomic E-state index is 0.0860. The van der Waals surface area contributed by atoms with E-state index in [2.05, 4.69) is 0 Å². The number of benzene rings is 1. The van der Waals surface area contributed by atoms with Crippen LogP contribution in [0.4, 0.5) is 8.78 Å². The molecule has 1 heterocycles. The first kappa shape index (κ1) is 13.5. The lowest BCUT2D eigenvalue weighted by Gasteiger charge is -2.42. The van der Waals surface area contributed by atoms with Crippen LogP contribution in [0.1, 0.15) is 30.0 Å². The molecule has 1 aromatic carbocycles. The van der Waals surface area contributed by atoms with Gasteiger partial charge in [0, 0.05) is 25.9 Å². The van der Waals surface area contributed by atoms with Gasteiger partial charge in [0.2, 0.25) is 5.92 Å². The summed E-state index contributed by atoms with van der Waals surface area (Å²) in [4.78, 5) is 13.4. The number of carbonyl (C=O) groups is 1. The minimum atomic E-state index is -2.54. The molecule has 2 aliphatic rings. The summed E-state index contributed by atoms with van der Waals surface area (Å²) in [5.41, 5.74) is 1.85. The topological polar surface area (TPSA) is 40.5 Å². The van der Waals surface area contributed by atoms with Crippen LogP contribution in [0.25, 0.3) is 0 Å². The maximum atomic E-state index is 12.9. The van der Waals surface area contributed by atoms with Crippen molar-refractivity contribution in [2.24, 2.45) is 5.92 Å². The van der Waals surface area contributed by atoms with Crippen LogP contribution in [0, 0.1) is 5.92 Å². The van der Waals surface area contributed by atoms with E-state index in [0.29, 0.717) is 13.1 Å². The van der Waals surface area contributed by atoms with Crippen molar-refractivity contribution in [3.8, 4) is 0 Å². The first-order valence-electron chi connectivity index (χ1n) is 6.89. The third-order valence-corrected chi connectivity index (χ3v) is 4.28. The number of carboxylic acids is 1. The minimum Gasteiger partial charge on any atom is -0.480 e. The van der Waals surface area contributed by atoms with E-state index >= 15 is 0 Å². The van der Waals surface area contributed by atoms with E-state index in [9.17, 15) is 18.7 Å². The van der Waals surface area contributed by atoms with Crippen LogP contribution in [0.2, 0.25) is 0 Å². The van der Waals surface area contributed by atoms with Gasteiger partial charge in [-0.05, 0) is 23.5 Å². The van der Waals surface area contributed by atoms with Crippen LogP contribution in [0.5, 0.6) is 0 Å². The molecule has 3 rings (SSSR count). The Morgan fingerprint density at radius 3 is 2.70 bits per heavy atom. The number of halogens is 2. The van der Waals surface area contributed by atoms with E-state index in [0.717, 1.165) is 17.5 Å². The molecular formula is C15H17F2NO2. The molecule has 3 nitrogen and oxygen atoms in total. The molecule has 1 atom stereocenters. The molecule has 0 saturated heterocycles. The summed E-state index contributed by atoms with van der Waals surface area (Å²) in [5.74, 6) is -3.53. The molecule has 1 aliphatic carbocycles. The highest BCUT2D eigenvalue weighted by molar-refractivity contribution is 5.76. The number of fused-ring (bicyclic) bond motifs is 1. The molecule has 20 heavy (non-hydrogen) atoms. The van der Waals surface area contributed by atoms with Crippen LogP contribution in [-0.4, -0.2) is 35.0 Å². The van der Waals surface area contributed by atoms with Gasteiger partial charge in [0.05, 0.1) is 0 Å². The molecule has 1 fully saturated rings.